The first-order valence-electron chi connectivity index (χ1n) is 10.9. The summed E-state index contributed by atoms with van der Waals surface area (Å²) in [5.74, 6) is -1.09. The minimum atomic E-state index is -1.25. The molecule has 0 aromatic heterocycles. The highest BCUT2D eigenvalue weighted by molar-refractivity contribution is 6.02. The van der Waals surface area contributed by atoms with Gasteiger partial charge in [-0.1, -0.05) is 60.7 Å². The molecule has 0 spiro atoms. The Morgan fingerprint density at radius 3 is 1.97 bits per heavy atom. The maximum absolute atomic E-state index is 13.2. The summed E-state index contributed by atoms with van der Waals surface area (Å²) in [7, 11) is 0. The number of hydrogen-bond acceptors (Lipinski definition) is 6. The van der Waals surface area contributed by atoms with Gasteiger partial charge in [0.1, 0.15) is 0 Å². The number of non-ortho nitro benzene ring substituents is 1. The van der Waals surface area contributed by atoms with E-state index in [4.69, 9.17) is 4.74 Å². The third-order valence-electron chi connectivity index (χ3n) is 5.39. The van der Waals surface area contributed by atoms with Crippen LogP contribution in [0.1, 0.15) is 37.9 Å². The number of esters is 1. The molecule has 7 nitrogen and oxygen atoms in total. The lowest BCUT2D eigenvalue weighted by atomic mass is 9.99. The number of nitrogens with one attached hydrogen (secondary N) is 1. The zero-order valence-corrected chi connectivity index (χ0v) is 18.7. The Kier molecular flexibility index (Phi) is 7.28. The largest absolute Gasteiger partial charge is 0.445 e. The lowest BCUT2D eigenvalue weighted by Crippen LogP contribution is -2.20. The van der Waals surface area contributed by atoms with Crippen LogP contribution in [-0.4, -0.2) is 16.7 Å². The van der Waals surface area contributed by atoms with E-state index < -0.39 is 22.8 Å². The number of para-hydroxylation sites is 1. The highest BCUT2D eigenvalue weighted by Crippen LogP contribution is 2.26. The van der Waals surface area contributed by atoms with Crippen LogP contribution in [-0.2, 0) is 11.3 Å². The van der Waals surface area contributed by atoms with Crippen molar-refractivity contribution >= 4 is 23.1 Å². The van der Waals surface area contributed by atoms with Gasteiger partial charge in [0.2, 0.25) is 5.78 Å². The maximum Gasteiger partial charge on any atom is 0.339 e. The van der Waals surface area contributed by atoms with Crippen molar-refractivity contribution in [1.82, 2.24) is 0 Å². The van der Waals surface area contributed by atoms with Gasteiger partial charge in [-0.3, -0.25) is 14.9 Å². The zero-order valence-electron chi connectivity index (χ0n) is 18.7. The van der Waals surface area contributed by atoms with Crippen LogP contribution in [0.25, 0.3) is 0 Å². The average Bonchev–Trinajstić information content (AvgIpc) is 2.91. The van der Waals surface area contributed by atoms with Crippen molar-refractivity contribution in [2.24, 2.45) is 0 Å². The number of rotatable bonds is 9. The summed E-state index contributed by atoms with van der Waals surface area (Å²) >= 11 is 0. The number of Topliss-reactive ketones (excluding diaryl/α,β-unsaturated/α-hetero) is 1. The van der Waals surface area contributed by atoms with Crippen molar-refractivity contribution in [3.05, 3.63) is 142 Å². The average molecular weight is 466 g/mol. The highest BCUT2D eigenvalue weighted by atomic mass is 16.6. The summed E-state index contributed by atoms with van der Waals surface area (Å²) in [6.45, 7) is 0.581. The summed E-state index contributed by atoms with van der Waals surface area (Å²) in [4.78, 5) is 36.6. The smallest absolute Gasteiger partial charge is 0.339 e. The van der Waals surface area contributed by atoms with Crippen molar-refractivity contribution in [3.63, 3.8) is 0 Å². The molecule has 0 bridgehead atoms. The Hall–Kier alpha value is -4.78. The molecule has 4 rings (SSSR count). The molecule has 0 heterocycles. The fourth-order valence-corrected chi connectivity index (χ4v) is 3.49. The summed E-state index contributed by atoms with van der Waals surface area (Å²) in [6.07, 6.45) is -1.25. The molecular formula is C28H22N2O5. The number of carbonyl (C=O) groups is 2. The number of ketones is 1. The van der Waals surface area contributed by atoms with Crippen LogP contribution in [0.4, 0.5) is 11.4 Å². The van der Waals surface area contributed by atoms with Gasteiger partial charge in [-0.15, -0.1) is 0 Å². The normalized spacial score (nSPS) is 11.3. The number of hydrogen-bond donors (Lipinski definition) is 1. The summed E-state index contributed by atoms with van der Waals surface area (Å²) < 4.78 is 5.63. The quantitative estimate of drug-likeness (QED) is 0.141. The molecule has 0 unspecified atom stereocenters. The molecule has 0 aliphatic rings. The van der Waals surface area contributed by atoms with Gasteiger partial charge in [0.15, 0.2) is 6.10 Å². The van der Waals surface area contributed by atoms with Gasteiger partial charge in [-0.05, 0) is 42.0 Å². The fourth-order valence-electron chi connectivity index (χ4n) is 3.49. The fraction of sp³-hybridized carbons (Fsp3) is 0.0714. The molecule has 0 amide bonds. The van der Waals surface area contributed by atoms with Crippen molar-refractivity contribution in [2.75, 3.05) is 5.32 Å². The van der Waals surface area contributed by atoms with E-state index >= 15 is 0 Å². The molecule has 0 aliphatic heterocycles. The maximum atomic E-state index is 13.2. The molecule has 7 heteroatoms. The zero-order chi connectivity index (χ0) is 24.6. The van der Waals surface area contributed by atoms with Crippen molar-refractivity contribution in [3.8, 4) is 0 Å². The van der Waals surface area contributed by atoms with E-state index in [9.17, 15) is 19.7 Å². The molecule has 0 saturated heterocycles. The van der Waals surface area contributed by atoms with Crippen LogP contribution in [0.3, 0.4) is 0 Å². The lowest BCUT2D eigenvalue weighted by Gasteiger charge is -2.18. The van der Waals surface area contributed by atoms with Gasteiger partial charge >= 0.3 is 5.97 Å². The van der Waals surface area contributed by atoms with Gasteiger partial charge in [0.05, 0.1) is 10.5 Å². The van der Waals surface area contributed by atoms with E-state index in [1.165, 1.54) is 24.3 Å². The van der Waals surface area contributed by atoms with E-state index in [-0.39, 0.29) is 5.69 Å². The first kappa shape index (κ1) is 23.4. The number of nitro benzene ring substituents is 1. The first-order chi connectivity index (χ1) is 17.0. The summed E-state index contributed by atoms with van der Waals surface area (Å²) in [5.41, 5.74) is 2.85. The molecule has 0 fully saturated rings. The Labute approximate surface area is 202 Å². The predicted octanol–water partition coefficient (Wildman–Crippen LogP) is 5.99. The lowest BCUT2D eigenvalue weighted by molar-refractivity contribution is -0.384. The molecule has 35 heavy (non-hydrogen) atoms. The second-order valence-corrected chi connectivity index (χ2v) is 7.78. The van der Waals surface area contributed by atoms with Crippen LogP contribution in [0, 0.1) is 10.1 Å². The van der Waals surface area contributed by atoms with Gasteiger partial charge in [-0.25, -0.2) is 4.79 Å². The summed E-state index contributed by atoms with van der Waals surface area (Å²) in [6, 6.07) is 30.5. The Bertz CT molecular complexity index is 1310. The van der Waals surface area contributed by atoms with Crippen molar-refractivity contribution < 1.29 is 19.2 Å². The van der Waals surface area contributed by atoms with Crippen LogP contribution < -0.4 is 5.32 Å². The number of ether oxygens (including phenoxy) is 1. The number of anilines is 1. The second kappa shape index (κ2) is 10.9. The van der Waals surface area contributed by atoms with Crippen LogP contribution in [0.5, 0.6) is 0 Å². The van der Waals surface area contributed by atoms with E-state index in [1.54, 1.807) is 42.5 Å². The third-order valence-corrected chi connectivity index (χ3v) is 5.39. The van der Waals surface area contributed by atoms with Crippen LogP contribution >= 0.6 is 0 Å². The standard InChI is InChI=1S/C28H22N2O5/c31-26(21-7-3-1-4-8-21)27(22-15-17-25(18-16-22)30(33)34)35-28(32)23-13-11-20(12-14-23)19-29-24-9-5-2-6-10-24/h1-18,27,29H,19H2/t27-/m1/s1. The first-order valence-corrected chi connectivity index (χ1v) is 10.9. The molecule has 174 valence electrons. The van der Waals surface area contributed by atoms with Crippen LogP contribution in [0.15, 0.2) is 109 Å². The second-order valence-electron chi connectivity index (χ2n) is 7.78. The van der Waals surface area contributed by atoms with Crippen molar-refractivity contribution in [2.45, 2.75) is 12.6 Å². The molecule has 0 saturated carbocycles. The number of benzene rings is 4. The highest BCUT2D eigenvalue weighted by Gasteiger charge is 2.27. The molecule has 1 N–H and O–H groups in total. The van der Waals surface area contributed by atoms with E-state index in [0.717, 1.165) is 11.3 Å². The minimum absolute atomic E-state index is 0.120. The number of carbonyl (C=O) groups excluding carboxylic acids is 2. The predicted molar refractivity (Wildman–Crippen MR) is 132 cm³/mol. The third kappa shape index (κ3) is 5.97. The Morgan fingerprint density at radius 2 is 1.37 bits per heavy atom. The molecular weight excluding hydrogens is 444 g/mol. The van der Waals surface area contributed by atoms with E-state index in [0.29, 0.717) is 23.2 Å². The monoisotopic (exact) mass is 466 g/mol. The Balaban J connectivity index is 1.51. The topological polar surface area (TPSA) is 98.5 Å². The van der Waals surface area contributed by atoms with E-state index in [2.05, 4.69) is 5.32 Å². The SMILES string of the molecule is O=C(O[C@@H](C(=O)c1ccccc1)c1ccc([N+](=O)[O-])cc1)c1ccc(CNc2ccccc2)cc1. The van der Waals surface area contributed by atoms with Gasteiger partial charge < -0.3 is 10.1 Å². The molecule has 4 aromatic rings. The number of nitro groups is 1. The van der Waals surface area contributed by atoms with Gasteiger partial charge in [0, 0.05) is 35.5 Å². The minimum Gasteiger partial charge on any atom is -0.445 e. The number of nitrogens with zero attached hydrogens (tertiary/aromatic N) is 1. The Morgan fingerprint density at radius 1 is 0.771 bits per heavy atom. The van der Waals surface area contributed by atoms with Gasteiger partial charge in [0.25, 0.3) is 5.69 Å². The molecule has 0 aliphatic carbocycles. The molecule has 1 atom stereocenters. The summed E-state index contributed by atoms with van der Waals surface area (Å²) in [5, 5.41) is 14.3. The van der Waals surface area contributed by atoms with Crippen molar-refractivity contribution in [1.29, 1.82) is 0 Å². The van der Waals surface area contributed by atoms with E-state index in [1.807, 2.05) is 42.5 Å². The molecule has 4 aromatic carbocycles. The van der Waals surface area contributed by atoms with Crippen LogP contribution in [0.2, 0.25) is 0 Å². The van der Waals surface area contributed by atoms with Gasteiger partial charge in [-0.2, -0.15) is 0 Å². The molecule has 0 radical (unpaired) electrons.